The van der Waals surface area contributed by atoms with Crippen molar-refractivity contribution in [2.75, 3.05) is 0 Å². The zero-order chi connectivity index (χ0) is 18.3. The van der Waals surface area contributed by atoms with Crippen molar-refractivity contribution >= 4 is 28.2 Å². The van der Waals surface area contributed by atoms with Crippen LogP contribution in [0.15, 0.2) is 23.6 Å². The number of nitrogens with zero attached hydrogens (tertiary/aromatic N) is 1. The maximum Gasteiger partial charge on any atom is 0.307 e. The molecule has 132 valence electrons. The van der Waals surface area contributed by atoms with Gasteiger partial charge in [-0.1, -0.05) is 0 Å². The fourth-order valence-corrected chi connectivity index (χ4v) is 3.66. The summed E-state index contributed by atoms with van der Waals surface area (Å²) in [5, 5.41) is 20.8. The molecule has 8 heteroatoms. The van der Waals surface area contributed by atoms with E-state index in [1.54, 1.807) is 16.9 Å². The van der Waals surface area contributed by atoms with Crippen LogP contribution in [0.3, 0.4) is 0 Å². The van der Waals surface area contributed by atoms with Crippen LogP contribution in [-0.2, 0) is 17.8 Å². The van der Waals surface area contributed by atoms with Gasteiger partial charge in [0, 0.05) is 23.7 Å². The van der Waals surface area contributed by atoms with E-state index < -0.39 is 24.0 Å². The van der Waals surface area contributed by atoms with Crippen molar-refractivity contribution in [1.82, 2.24) is 4.57 Å². The minimum atomic E-state index is -2.56. The number of hydrogen-bond donors (Lipinski definition) is 2. The highest BCUT2D eigenvalue weighted by atomic mass is 32.1. The number of benzene rings is 1. The number of fused-ring (bicyclic) bond motifs is 1. The zero-order valence-electron chi connectivity index (χ0n) is 13.1. The highest BCUT2D eigenvalue weighted by Gasteiger charge is 2.19. The predicted molar refractivity (Wildman–Crippen MR) is 88.0 cm³/mol. The second-order valence-corrected chi connectivity index (χ2v) is 6.64. The minimum Gasteiger partial charge on any atom is -0.505 e. The van der Waals surface area contributed by atoms with Crippen molar-refractivity contribution in [2.24, 2.45) is 0 Å². The third-order valence-electron chi connectivity index (χ3n) is 4.08. The molecule has 0 aliphatic heterocycles. The predicted octanol–water partition coefficient (Wildman–Crippen LogP) is 4.47. The summed E-state index contributed by atoms with van der Waals surface area (Å²) in [6.45, 7) is 1.89. The third-order valence-corrected chi connectivity index (χ3v) is 5.07. The first-order chi connectivity index (χ1) is 11.8. The van der Waals surface area contributed by atoms with Crippen molar-refractivity contribution in [1.29, 1.82) is 0 Å². The van der Waals surface area contributed by atoms with Crippen LogP contribution in [0.25, 0.3) is 10.9 Å². The van der Waals surface area contributed by atoms with Gasteiger partial charge in [-0.25, -0.2) is 13.2 Å². The smallest absolute Gasteiger partial charge is 0.307 e. The van der Waals surface area contributed by atoms with Crippen LogP contribution in [-0.4, -0.2) is 20.7 Å². The number of aromatic hydroxyl groups is 1. The average molecular weight is 369 g/mol. The van der Waals surface area contributed by atoms with Crippen LogP contribution in [0.1, 0.15) is 28.1 Å². The molecule has 3 aromatic rings. The van der Waals surface area contributed by atoms with E-state index in [-0.39, 0.29) is 17.8 Å². The molecule has 2 N–H and O–H groups in total. The van der Waals surface area contributed by atoms with E-state index in [1.165, 1.54) is 12.1 Å². The molecule has 2 heterocycles. The van der Waals surface area contributed by atoms with E-state index in [9.17, 15) is 23.1 Å². The number of phenolic OH excluding ortho intramolecular Hbond substituents is 1. The Morgan fingerprint density at radius 2 is 2.04 bits per heavy atom. The third kappa shape index (κ3) is 3.21. The molecular weight excluding hydrogens is 355 g/mol. The highest BCUT2D eigenvalue weighted by Crippen LogP contribution is 2.33. The number of rotatable bonds is 5. The Bertz CT molecular complexity index is 962. The average Bonchev–Trinajstić information content (AvgIpc) is 3.08. The number of phenols is 1. The Morgan fingerprint density at radius 1 is 1.32 bits per heavy atom. The molecular formula is C17H14F3NO3S. The van der Waals surface area contributed by atoms with Gasteiger partial charge >= 0.3 is 5.97 Å². The first-order valence-corrected chi connectivity index (χ1v) is 8.23. The highest BCUT2D eigenvalue weighted by molar-refractivity contribution is 7.10. The molecule has 0 saturated heterocycles. The first-order valence-electron chi connectivity index (χ1n) is 7.35. The number of thiophene rings is 1. The van der Waals surface area contributed by atoms with E-state index in [0.29, 0.717) is 27.7 Å². The van der Waals surface area contributed by atoms with Crippen LogP contribution in [0, 0.1) is 12.7 Å². The van der Waals surface area contributed by atoms with Gasteiger partial charge in [-0.05, 0) is 35.6 Å². The van der Waals surface area contributed by atoms with E-state index >= 15 is 0 Å². The van der Waals surface area contributed by atoms with Gasteiger partial charge in [-0.15, -0.1) is 11.3 Å². The summed E-state index contributed by atoms with van der Waals surface area (Å²) in [5.41, 5.74) is 2.08. The number of carboxylic acid groups (broad SMARTS) is 1. The molecule has 0 fully saturated rings. The van der Waals surface area contributed by atoms with Crippen LogP contribution in [0.4, 0.5) is 13.2 Å². The Morgan fingerprint density at radius 3 is 2.64 bits per heavy atom. The lowest BCUT2D eigenvalue weighted by Crippen LogP contribution is -2.04. The van der Waals surface area contributed by atoms with Crippen molar-refractivity contribution in [3.63, 3.8) is 0 Å². The van der Waals surface area contributed by atoms with Gasteiger partial charge in [0.2, 0.25) is 0 Å². The monoisotopic (exact) mass is 369 g/mol. The second kappa shape index (κ2) is 6.44. The number of hydrogen-bond acceptors (Lipinski definition) is 3. The molecule has 0 saturated carbocycles. The van der Waals surface area contributed by atoms with Crippen molar-refractivity contribution in [3.8, 4) is 5.75 Å². The molecule has 3 rings (SSSR count). The molecule has 0 amide bonds. The molecule has 0 aliphatic rings. The normalized spacial score (nSPS) is 11.6. The summed E-state index contributed by atoms with van der Waals surface area (Å²) in [5.74, 6) is -2.44. The fourth-order valence-electron chi connectivity index (χ4n) is 2.91. The summed E-state index contributed by atoms with van der Waals surface area (Å²) in [4.78, 5) is 11.1. The van der Waals surface area contributed by atoms with Crippen LogP contribution >= 0.6 is 11.3 Å². The molecule has 0 atom stereocenters. The van der Waals surface area contributed by atoms with Gasteiger partial charge < -0.3 is 14.8 Å². The largest absolute Gasteiger partial charge is 0.505 e. The van der Waals surface area contributed by atoms with E-state index in [1.807, 2.05) is 0 Å². The summed E-state index contributed by atoms with van der Waals surface area (Å²) in [7, 11) is 0. The fraction of sp³-hybridized carbons (Fsp3) is 0.235. The Kier molecular flexibility index (Phi) is 4.47. The molecule has 0 aliphatic carbocycles. The number of aromatic nitrogens is 1. The van der Waals surface area contributed by atoms with Crippen LogP contribution < -0.4 is 0 Å². The number of carboxylic acids is 1. The summed E-state index contributed by atoms with van der Waals surface area (Å²) in [6, 6.07) is 3.71. The van der Waals surface area contributed by atoms with Crippen molar-refractivity contribution < 1.29 is 28.2 Å². The molecule has 4 nitrogen and oxygen atoms in total. The van der Waals surface area contributed by atoms with Crippen LogP contribution in [0.2, 0.25) is 0 Å². The molecule has 0 unspecified atom stereocenters. The summed E-state index contributed by atoms with van der Waals surface area (Å²) >= 11 is 0.940. The maximum absolute atomic E-state index is 13.8. The van der Waals surface area contributed by atoms with E-state index in [4.69, 9.17) is 5.11 Å². The minimum absolute atomic E-state index is 0.0568. The van der Waals surface area contributed by atoms with Crippen molar-refractivity contribution in [2.45, 2.75) is 26.3 Å². The van der Waals surface area contributed by atoms with Gasteiger partial charge in [0.25, 0.3) is 6.43 Å². The summed E-state index contributed by atoms with van der Waals surface area (Å²) in [6.07, 6.45) is -2.84. The molecule has 0 radical (unpaired) electrons. The van der Waals surface area contributed by atoms with Gasteiger partial charge in [-0.3, -0.25) is 4.79 Å². The standard InChI is InChI=1S/C17H14F3NO3S/c1-8-10(4-16(23)24)11-3-14(22)12(18)5-13(11)21(8)6-9-2-15(17(19)20)25-7-9/h2-3,5,7,17,22H,4,6H2,1H3,(H,23,24). The number of aliphatic carboxylic acids is 1. The van der Waals surface area contributed by atoms with Gasteiger partial charge in [0.05, 0.1) is 16.8 Å². The number of carbonyl (C=O) groups is 1. The lowest BCUT2D eigenvalue weighted by Gasteiger charge is -2.08. The van der Waals surface area contributed by atoms with Crippen molar-refractivity contribution in [3.05, 3.63) is 51.1 Å². The zero-order valence-corrected chi connectivity index (χ0v) is 13.9. The molecule has 25 heavy (non-hydrogen) atoms. The summed E-state index contributed by atoms with van der Waals surface area (Å²) < 4.78 is 41.0. The number of alkyl halides is 2. The maximum atomic E-state index is 13.8. The van der Waals surface area contributed by atoms with Gasteiger partial charge in [-0.2, -0.15) is 0 Å². The first kappa shape index (κ1) is 17.3. The lowest BCUT2D eigenvalue weighted by molar-refractivity contribution is -0.136. The number of halogens is 3. The van der Waals surface area contributed by atoms with Gasteiger partial charge in [0.15, 0.2) is 11.6 Å². The Balaban J connectivity index is 2.14. The van der Waals surface area contributed by atoms with E-state index in [2.05, 4.69) is 0 Å². The van der Waals surface area contributed by atoms with Gasteiger partial charge in [0.1, 0.15) is 0 Å². The molecule has 1 aromatic carbocycles. The second-order valence-electron chi connectivity index (χ2n) is 5.70. The molecule has 0 bridgehead atoms. The quantitative estimate of drug-likeness (QED) is 0.698. The van der Waals surface area contributed by atoms with Crippen LogP contribution in [0.5, 0.6) is 5.75 Å². The Hall–Kier alpha value is -2.48. The topological polar surface area (TPSA) is 62.5 Å². The SMILES string of the molecule is Cc1c(CC(=O)O)c2cc(O)c(F)cc2n1Cc1csc(C(F)F)c1. The molecule has 0 spiro atoms. The Labute approximate surface area is 144 Å². The lowest BCUT2D eigenvalue weighted by atomic mass is 10.1. The molecule has 2 aromatic heterocycles. The van der Waals surface area contributed by atoms with E-state index in [0.717, 1.165) is 17.4 Å².